The third-order valence-corrected chi connectivity index (χ3v) is 2.41. The molecule has 4 heteroatoms. The van der Waals surface area contributed by atoms with Crippen molar-refractivity contribution in [1.29, 1.82) is 0 Å². The van der Waals surface area contributed by atoms with E-state index in [1.54, 1.807) is 9.80 Å². The molecule has 2 rings (SSSR count). The minimum absolute atomic E-state index is 0. The Morgan fingerprint density at radius 1 is 1.35 bits per heavy atom. The van der Waals surface area contributed by atoms with Gasteiger partial charge in [-0.3, -0.25) is 4.79 Å². The Bertz CT molecular complexity index is 431. The monoisotopic (exact) mass is 293 g/mol. The number of Topliss-reactive ketones (excluding diaryl/α,β-unsaturated/α-hetero) is 1. The molecule has 0 spiro atoms. The molecule has 0 saturated carbocycles. The van der Waals surface area contributed by atoms with E-state index in [2.05, 4.69) is 6.67 Å². The predicted octanol–water partition coefficient (Wildman–Crippen LogP) is -1.10. The van der Waals surface area contributed by atoms with Gasteiger partial charge >= 0.3 is 6.67 Å². The van der Waals surface area contributed by atoms with Crippen molar-refractivity contribution in [3.63, 3.8) is 0 Å². The van der Waals surface area contributed by atoms with E-state index in [1.165, 1.54) is 0 Å². The molecular weight excluding hydrogens is 280 g/mol. The zero-order chi connectivity index (χ0) is 11.5. The van der Waals surface area contributed by atoms with Crippen LogP contribution >= 0.6 is 0 Å². The fourth-order valence-corrected chi connectivity index (χ4v) is 1.60. The van der Waals surface area contributed by atoms with Crippen LogP contribution in [-0.2, 0) is 0 Å². The second-order valence-electron chi connectivity index (χ2n) is 3.93. The summed E-state index contributed by atoms with van der Waals surface area (Å²) in [6.45, 7) is 5.33. The summed E-state index contributed by atoms with van der Waals surface area (Å²) in [7, 11) is 1.88. The van der Waals surface area contributed by atoms with Crippen LogP contribution in [0.4, 0.5) is 0 Å². The van der Waals surface area contributed by atoms with Gasteiger partial charge in [-0.15, -0.1) is 9.80 Å². The van der Waals surface area contributed by atoms with Crippen molar-refractivity contribution >= 4 is 5.78 Å². The van der Waals surface area contributed by atoms with Gasteiger partial charge in [-0.2, -0.15) is 0 Å². The van der Waals surface area contributed by atoms with Gasteiger partial charge in [-0.1, -0.05) is 23.8 Å². The van der Waals surface area contributed by atoms with Gasteiger partial charge in [-0.25, -0.2) is 0 Å². The number of ketones is 1. The van der Waals surface area contributed by atoms with Gasteiger partial charge in [-0.05, 0) is 13.0 Å². The van der Waals surface area contributed by atoms with Crippen molar-refractivity contribution in [2.45, 2.75) is 6.92 Å². The zero-order valence-corrected chi connectivity index (χ0v) is 11.4. The van der Waals surface area contributed by atoms with E-state index in [9.17, 15) is 4.79 Å². The molecule has 1 aliphatic heterocycles. The van der Waals surface area contributed by atoms with Crippen molar-refractivity contribution in [2.75, 3.05) is 13.6 Å². The van der Waals surface area contributed by atoms with Crippen LogP contribution in [0.2, 0.25) is 0 Å². The van der Waals surface area contributed by atoms with Crippen molar-refractivity contribution in [3.8, 4) is 0 Å². The molecule has 1 aromatic rings. The first-order valence-corrected chi connectivity index (χ1v) is 5.19. The maximum absolute atomic E-state index is 11.9. The summed E-state index contributed by atoms with van der Waals surface area (Å²) in [4.78, 5) is 15.5. The van der Waals surface area contributed by atoms with Gasteiger partial charge in [0.05, 0.1) is 19.4 Å². The SMILES string of the molecule is Cc1cccc(C(=O)CN2[C+]N(C)C=C2)c1.[Br-]. The summed E-state index contributed by atoms with van der Waals surface area (Å²) >= 11 is 0. The van der Waals surface area contributed by atoms with Crippen LogP contribution in [0.1, 0.15) is 15.9 Å². The maximum Gasteiger partial charge on any atom is 0.564 e. The van der Waals surface area contributed by atoms with E-state index in [1.807, 2.05) is 50.6 Å². The minimum Gasteiger partial charge on any atom is -1.00 e. The lowest BCUT2D eigenvalue weighted by molar-refractivity contribution is -0.0000113. The van der Waals surface area contributed by atoms with Crippen molar-refractivity contribution in [1.82, 2.24) is 9.80 Å². The highest BCUT2D eigenvalue weighted by Crippen LogP contribution is 2.11. The van der Waals surface area contributed by atoms with Crippen LogP contribution in [0.15, 0.2) is 36.7 Å². The summed E-state index contributed by atoms with van der Waals surface area (Å²) in [5.41, 5.74) is 1.86. The van der Waals surface area contributed by atoms with Crippen LogP contribution in [-0.4, -0.2) is 29.2 Å². The summed E-state index contributed by atoms with van der Waals surface area (Å²) in [5, 5.41) is 0. The van der Waals surface area contributed by atoms with Crippen LogP contribution in [0.25, 0.3) is 0 Å². The number of nitrogens with zero attached hydrogens (tertiary/aromatic N) is 2. The van der Waals surface area contributed by atoms with E-state index in [-0.39, 0.29) is 22.8 Å². The summed E-state index contributed by atoms with van der Waals surface area (Å²) in [6, 6.07) is 7.64. The van der Waals surface area contributed by atoms with Crippen molar-refractivity contribution in [2.24, 2.45) is 0 Å². The molecule has 1 heterocycles. The lowest BCUT2D eigenvalue weighted by Gasteiger charge is -2.03. The van der Waals surface area contributed by atoms with Crippen LogP contribution in [0.5, 0.6) is 0 Å². The molecule has 0 saturated heterocycles. The third kappa shape index (κ3) is 3.53. The highest BCUT2D eigenvalue weighted by atomic mass is 79.9. The number of benzene rings is 1. The quantitative estimate of drug-likeness (QED) is 0.522. The van der Waals surface area contributed by atoms with Gasteiger partial charge in [0.15, 0.2) is 5.78 Å². The van der Waals surface area contributed by atoms with Gasteiger partial charge < -0.3 is 17.0 Å². The molecule has 0 aliphatic carbocycles. The standard InChI is InChI=1S/C13H14N2O.BrH/c1-11-4-3-5-12(8-11)13(16)9-15-7-6-14(2)10-15;/h3-8H,9H2,1-2H3;1H/q+1;/p-1. The lowest BCUT2D eigenvalue weighted by Crippen LogP contribution is -3.00. The van der Waals surface area contributed by atoms with Crippen LogP contribution < -0.4 is 17.0 Å². The Morgan fingerprint density at radius 2 is 2.12 bits per heavy atom. The minimum atomic E-state index is 0. The average Bonchev–Trinajstić information content (AvgIpc) is 2.64. The molecule has 1 radical (unpaired) electrons. The normalized spacial score (nSPS) is 13.3. The molecule has 0 N–H and O–H groups in total. The molecule has 17 heavy (non-hydrogen) atoms. The second kappa shape index (κ2) is 5.77. The molecule has 0 aromatic heterocycles. The largest absolute Gasteiger partial charge is 1.00 e. The summed E-state index contributed by atoms with van der Waals surface area (Å²) < 4.78 is 0. The smallest absolute Gasteiger partial charge is 0.564 e. The fourth-order valence-electron chi connectivity index (χ4n) is 1.60. The average molecular weight is 294 g/mol. The molecule has 0 fully saturated rings. The Morgan fingerprint density at radius 3 is 2.71 bits per heavy atom. The summed E-state index contributed by atoms with van der Waals surface area (Å²) in [5.74, 6) is 0.108. The predicted molar refractivity (Wildman–Crippen MR) is 62.4 cm³/mol. The first-order chi connectivity index (χ1) is 7.65. The van der Waals surface area contributed by atoms with Crippen molar-refractivity contribution < 1.29 is 21.8 Å². The van der Waals surface area contributed by atoms with E-state index in [4.69, 9.17) is 0 Å². The lowest BCUT2D eigenvalue weighted by atomic mass is 10.1. The molecule has 89 valence electrons. The van der Waals surface area contributed by atoms with Crippen molar-refractivity contribution in [3.05, 3.63) is 54.5 Å². The molecular formula is C13H14BrN2O. The first-order valence-electron chi connectivity index (χ1n) is 5.19. The Kier molecular flexibility index (Phi) is 4.63. The van der Waals surface area contributed by atoms with Gasteiger partial charge in [0.1, 0.15) is 6.54 Å². The summed E-state index contributed by atoms with van der Waals surface area (Å²) in [6.07, 6.45) is 3.71. The topological polar surface area (TPSA) is 23.6 Å². The van der Waals surface area contributed by atoms with E-state index >= 15 is 0 Å². The first kappa shape index (κ1) is 13.6. The zero-order valence-electron chi connectivity index (χ0n) is 9.85. The molecule has 1 aromatic carbocycles. The molecule has 1 aliphatic rings. The number of halogens is 1. The second-order valence-corrected chi connectivity index (χ2v) is 3.93. The molecule has 0 atom stereocenters. The highest BCUT2D eigenvalue weighted by molar-refractivity contribution is 5.97. The number of hydrogen-bond acceptors (Lipinski definition) is 3. The highest BCUT2D eigenvalue weighted by Gasteiger charge is 2.29. The number of carbonyl (C=O) groups excluding carboxylic acids is 1. The van der Waals surface area contributed by atoms with Crippen LogP contribution in [0, 0.1) is 13.6 Å². The molecule has 0 amide bonds. The Labute approximate surface area is 112 Å². The van der Waals surface area contributed by atoms with Gasteiger partial charge in [0.25, 0.3) is 0 Å². The van der Waals surface area contributed by atoms with Gasteiger partial charge in [0, 0.05) is 5.56 Å². The fraction of sp³-hybridized carbons (Fsp3) is 0.231. The number of carbonyl (C=O) groups is 1. The Balaban J connectivity index is 0.00000144. The maximum atomic E-state index is 11.9. The molecule has 0 unspecified atom stereocenters. The number of aryl methyl sites for hydroxylation is 1. The number of rotatable bonds is 3. The van der Waals surface area contributed by atoms with E-state index in [0.717, 1.165) is 11.1 Å². The molecule has 0 bridgehead atoms. The third-order valence-electron chi connectivity index (χ3n) is 2.41. The molecule has 3 nitrogen and oxygen atoms in total. The Hall–Kier alpha value is -1.42. The van der Waals surface area contributed by atoms with E-state index in [0.29, 0.717) is 6.54 Å². The van der Waals surface area contributed by atoms with Gasteiger partial charge in [0.2, 0.25) is 0 Å². The van der Waals surface area contributed by atoms with E-state index < -0.39 is 0 Å². The van der Waals surface area contributed by atoms with Crippen LogP contribution in [0.3, 0.4) is 0 Å². The number of hydrogen-bond donors (Lipinski definition) is 0.